The molecule has 164 valence electrons. The molecular formula is C21H27NO8. The highest BCUT2D eigenvalue weighted by molar-refractivity contribution is 5.73. The standard InChI is InChI=1S/C21H27NO8/c1-3-4-5-6-10-21(24)30-18-13-12-17(16-19(18)27-2)9-7-14-28-20(23)11-8-15-29-22(25)26/h3-4,7,9,12-13,16H,5-6,8,10-11,14-15H2,1-2H3/b4-3?,9-7+. The number of esters is 2. The van der Waals surface area contributed by atoms with Gasteiger partial charge in [-0.05, 0) is 50.0 Å². The minimum absolute atomic E-state index is 0.0320. The van der Waals surface area contributed by atoms with Crippen LogP contribution in [0.2, 0.25) is 0 Å². The van der Waals surface area contributed by atoms with E-state index in [4.69, 9.17) is 14.2 Å². The van der Waals surface area contributed by atoms with Crippen LogP contribution in [0.4, 0.5) is 0 Å². The van der Waals surface area contributed by atoms with Crippen LogP contribution in [0.3, 0.4) is 0 Å². The molecule has 1 aromatic rings. The molecule has 9 heteroatoms. The Hall–Kier alpha value is -3.36. The fraction of sp³-hybridized carbons (Fsp3) is 0.429. The molecule has 1 aromatic carbocycles. The van der Waals surface area contributed by atoms with Gasteiger partial charge in [-0.1, -0.05) is 24.3 Å². The third-order valence-electron chi connectivity index (χ3n) is 3.77. The van der Waals surface area contributed by atoms with Crippen molar-refractivity contribution in [2.24, 2.45) is 0 Å². The molecule has 0 amide bonds. The molecule has 0 fully saturated rings. The molecule has 0 bridgehead atoms. The number of hydrogen-bond donors (Lipinski definition) is 0. The summed E-state index contributed by atoms with van der Waals surface area (Å²) in [5.74, 6) is -0.0340. The van der Waals surface area contributed by atoms with Gasteiger partial charge in [0.25, 0.3) is 5.09 Å². The Morgan fingerprint density at radius 3 is 2.57 bits per heavy atom. The Morgan fingerprint density at radius 1 is 1.10 bits per heavy atom. The molecule has 0 aromatic heterocycles. The summed E-state index contributed by atoms with van der Waals surface area (Å²) in [6.45, 7) is 1.84. The third-order valence-corrected chi connectivity index (χ3v) is 3.77. The summed E-state index contributed by atoms with van der Waals surface area (Å²) in [6.07, 6.45) is 9.41. The molecule has 1 rings (SSSR count). The van der Waals surface area contributed by atoms with E-state index in [1.54, 1.807) is 30.4 Å². The maximum Gasteiger partial charge on any atom is 0.311 e. The van der Waals surface area contributed by atoms with Crippen molar-refractivity contribution in [2.75, 3.05) is 20.3 Å². The molecule has 9 nitrogen and oxygen atoms in total. The van der Waals surface area contributed by atoms with Crippen LogP contribution in [0.1, 0.15) is 44.6 Å². The van der Waals surface area contributed by atoms with Crippen molar-refractivity contribution in [3.8, 4) is 11.5 Å². The predicted molar refractivity (Wildman–Crippen MR) is 109 cm³/mol. The van der Waals surface area contributed by atoms with Crippen molar-refractivity contribution in [3.63, 3.8) is 0 Å². The van der Waals surface area contributed by atoms with E-state index < -0.39 is 11.1 Å². The summed E-state index contributed by atoms with van der Waals surface area (Å²) in [6, 6.07) is 5.09. The summed E-state index contributed by atoms with van der Waals surface area (Å²) >= 11 is 0. The van der Waals surface area contributed by atoms with Gasteiger partial charge in [-0.15, -0.1) is 10.1 Å². The molecule has 0 N–H and O–H groups in total. The lowest BCUT2D eigenvalue weighted by Gasteiger charge is -2.10. The zero-order chi connectivity index (χ0) is 22.2. The van der Waals surface area contributed by atoms with Gasteiger partial charge in [0.05, 0.1) is 13.7 Å². The predicted octanol–water partition coefficient (Wildman–Crippen LogP) is 3.89. The molecule has 0 aliphatic heterocycles. The van der Waals surface area contributed by atoms with E-state index in [9.17, 15) is 19.7 Å². The van der Waals surface area contributed by atoms with Crippen LogP contribution in [0.5, 0.6) is 11.5 Å². The normalized spacial score (nSPS) is 10.9. The zero-order valence-corrected chi connectivity index (χ0v) is 17.2. The van der Waals surface area contributed by atoms with Gasteiger partial charge in [-0.25, -0.2) is 0 Å². The Balaban J connectivity index is 2.45. The second-order valence-electron chi connectivity index (χ2n) is 6.09. The summed E-state index contributed by atoms with van der Waals surface area (Å²) in [7, 11) is 1.48. The summed E-state index contributed by atoms with van der Waals surface area (Å²) < 4.78 is 15.6. The minimum Gasteiger partial charge on any atom is -0.493 e. The van der Waals surface area contributed by atoms with Gasteiger partial charge in [-0.3, -0.25) is 9.59 Å². The summed E-state index contributed by atoms with van der Waals surface area (Å²) in [5, 5.41) is 9.09. The van der Waals surface area contributed by atoms with E-state index in [1.807, 2.05) is 19.1 Å². The Labute approximate surface area is 175 Å². The number of allylic oxidation sites excluding steroid dienone is 2. The Morgan fingerprint density at radius 2 is 1.87 bits per heavy atom. The monoisotopic (exact) mass is 421 g/mol. The summed E-state index contributed by atoms with van der Waals surface area (Å²) in [4.78, 5) is 37.5. The molecule has 0 saturated heterocycles. The lowest BCUT2D eigenvalue weighted by molar-refractivity contribution is -0.757. The fourth-order valence-electron chi connectivity index (χ4n) is 2.33. The zero-order valence-electron chi connectivity index (χ0n) is 17.2. The highest BCUT2D eigenvalue weighted by Gasteiger charge is 2.10. The van der Waals surface area contributed by atoms with Gasteiger partial charge in [0.2, 0.25) is 0 Å². The van der Waals surface area contributed by atoms with E-state index in [-0.39, 0.29) is 32.0 Å². The van der Waals surface area contributed by atoms with Gasteiger partial charge in [-0.2, -0.15) is 0 Å². The smallest absolute Gasteiger partial charge is 0.311 e. The minimum atomic E-state index is -0.903. The van der Waals surface area contributed by atoms with E-state index in [0.717, 1.165) is 12.0 Å². The van der Waals surface area contributed by atoms with Crippen LogP contribution < -0.4 is 9.47 Å². The summed E-state index contributed by atoms with van der Waals surface area (Å²) in [5.41, 5.74) is 0.773. The number of nitrogens with zero attached hydrogens (tertiary/aromatic N) is 1. The number of methoxy groups -OCH3 is 1. The highest BCUT2D eigenvalue weighted by Crippen LogP contribution is 2.29. The first-order chi connectivity index (χ1) is 14.5. The Bertz CT molecular complexity index is 757. The third kappa shape index (κ3) is 10.8. The first-order valence-electron chi connectivity index (χ1n) is 9.55. The van der Waals surface area contributed by atoms with Crippen LogP contribution in [0, 0.1) is 10.1 Å². The van der Waals surface area contributed by atoms with Crippen molar-refractivity contribution < 1.29 is 33.7 Å². The number of hydrogen-bond acceptors (Lipinski definition) is 8. The van der Waals surface area contributed by atoms with Gasteiger partial charge in [0, 0.05) is 12.8 Å². The van der Waals surface area contributed by atoms with E-state index in [0.29, 0.717) is 24.3 Å². The molecule has 0 radical (unpaired) electrons. The number of ether oxygens (including phenoxy) is 3. The molecule has 0 aliphatic carbocycles. The largest absolute Gasteiger partial charge is 0.493 e. The fourth-order valence-corrected chi connectivity index (χ4v) is 2.33. The number of benzene rings is 1. The van der Waals surface area contributed by atoms with Crippen LogP contribution in [-0.2, 0) is 19.2 Å². The molecule has 0 saturated carbocycles. The maximum absolute atomic E-state index is 11.9. The topological polar surface area (TPSA) is 114 Å². The average Bonchev–Trinajstić information content (AvgIpc) is 2.72. The second-order valence-corrected chi connectivity index (χ2v) is 6.09. The SMILES string of the molecule is CC=CCCCC(=O)Oc1ccc(/C=C/COC(=O)CCCO[N+](=O)[O-])cc1OC. The Kier molecular flexibility index (Phi) is 12.0. The lowest BCUT2D eigenvalue weighted by atomic mass is 10.2. The van der Waals surface area contributed by atoms with Crippen LogP contribution in [-0.4, -0.2) is 37.3 Å². The van der Waals surface area contributed by atoms with Crippen molar-refractivity contribution >= 4 is 18.0 Å². The molecule has 0 spiro atoms. The van der Waals surface area contributed by atoms with Crippen molar-refractivity contribution in [1.29, 1.82) is 0 Å². The van der Waals surface area contributed by atoms with Crippen LogP contribution >= 0.6 is 0 Å². The molecule has 0 aliphatic rings. The number of carbonyl (C=O) groups excluding carboxylic acids is 2. The molecule has 0 atom stereocenters. The van der Waals surface area contributed by atoms with Crippen LogP contribution in [0.15, 0.2) is 36.4 Å². The molecule has 0 unspecified atom stereocenters. The first-order valence-corrected chi connectivity index (χ1v) is 9.55. The van der Waals surface area contributed by atoms with Crippen molar-refractivity contribution in [2.45, 2.75) is 39.0 Å². The van der Waals surface area contributed by atoms with E-state index in [2.05, 4.69) is 4.84 Å². The first kappa shape index (κ1) is 24.7. The number of rotatable bonds is 14. The molecular weight excluding hydrogens is 394 g/mol. The van der Waals surface area contributed by atoms with Gasteiger partial charge in [0.15, 0.2) is 11.5 Å². The maximum atomic E-state index is 11.9. The van der Waals surface area contributed by atoms with E-state index >= 15 is 0 Å². The van der Waals surface area contributed by atoms with Crippen LogP contribution in [0.25, 0.3) is 6.08 Å². The van der Waals surface area contributed by atoms with E-state index in [1.165, 1.54) is 7.11 Å². The lowest BCUT2D eigenvalue weighted by Crippen LogP contribution is -2.08. The van der Waals surface area contributed by atoms with Crippen molar-refractivity contribution in [3.05, 3.63) is 52.1 Å². The number of unbranched alkanes of at least 4 members (excludes halogenated alkanes) is 1. The van der Waals surface area contributed by atoms with Gasteiger partial charge in [0.1, 0.15) is 6.61 Å². The van der Waals surface area contributed by atoms with Gasteiger partial charge >= 0.3 is 11.9 Å². The average molecular weight is 421 g/mol. The quantitative estimate of drug-likeness (QED) is 0.111. The number of carbonyl (C=O) groups is 2. The highest BCUT2D eigenvalue weighted by atomic mass is 16.9. The molecule has 0 heterocycles. The molecule has 30 heavy (non-hydrogen) atoms. The second kappa shape index (κ2) is 14.6. The van der Waals surface area contributed by atoms with Crippen molar-refractivity contribution in [1.82, 2.24) is 0 Å². The van der Waals surface area contributed by atoms with Gasteiger partial charge < -0.3 is 19.0 Å².